The summed E-state index contributed by atoms with van der Waals surface area (Å²) < 4.78 is 21.4. The Labute approximate surface area is 176 Å². The molecule has 3 rings (SSSR count). The van der Waals surface area contributed by atoms with Crippen molar-refractivity contribution in [1.29, 1.82) is 0 Å². The number of hydrogen-bond donors (Lipinski definition) is 2. The van der Waals surface area contributed by atoms with Gasteiger partial charge in [0.25, 0.3) is 0 Å². The minimum absolute atomic E-state index is 0. The molecule has 0 atom stereocenters. The zero-order valence-electron chi connectivity index (χ0n) is 15.6. The monoisotopic (exact) mass is 485 g/mol. The standard InChI is InChI=1S/C19H23N3O4.HI/c1-20-19(21-10-13-4-7-16-18(8-13)26-12-25-16)22-11-14-5-6-15(23-2)9-17(14)24-3;/h4-9H,10-12H2,1-3H3,(H2,20,21,22);1H. The minimum Gasteiger partial charge on any atom is -0.497 e. The molecule has 0 spiro atoms. The van der Waals surface area contributed by atoms with E-state index in [-0.39, 0.29) is 30.8 Å². The van der Waals surface area contributed by atoms with Crippen molar-refractivity contribution in [2.75, 3.05) is 28.1 Å². The Morgan fingerprint density at radius 3 is 2.52 bits per heavy atom. The van der Waals surface area contributed by atoms with E-state index in [1.54, 1.807) is 21.3 Å². The number of hydrogen-bond acceptors (Lipinski definition) is 5. The summed E-state index contributed by atoms with van der Waals surface area (Å²) in [6, 6.07) is 11.6. The van der Waals surface area contributed by atoms with Gasteiger partial charge in [0.05, 0.1) is 14.2 Å². The lowest BCUT2D eigenvalue weighted by Gasteiger charge is -2.14. The van der Waals surface area contributed by atoms with E-state index < -0.39 is 0 Å². The van der Waals surface area contributed by atoms with E-state index in [0.717, 1.165) is 34.1 Å². The smallest absolute Gasteiger partial charge is 0.231 e. The molecule has 7 nitrogen and oxygen atoms in total. The van der Waals surface area contributed by atoms with Gasteiger partial charge in [-0.3, -0.25) is 4.99 Å². The van der Waals surface area contributed by atoms with Crippen LogP contribution in [0.15, 0.2) is 41.4 Å². The van der Waals surface area contributed by atoms with Crippen LogP contribution in [0.2, 0.25) is 0 Å². The molecule has 0 fully saturated rings. The van der Waals surface area contributed by atoms with Crippen LogP contribution in [0.5, 0.6) is 23.0 Å². The first-order chi connectivity index (χ1) is 12.7. The lowest BCUT2D eigenvalue weighted by atomic mass is 10.2. The quantitative estimate of drug-likeness (QED) is 0.373. The van der Waals surface area contributed by atoms with Crippen molar-refractivity contribution in [3.63, 3.8) is 0 Å². The summed E-state index contributed by atoms with van der Waals surface area (Å²) in [7, 11) is 5.01. The maximum Gasteiger partial charge on any atom is 0.231 e. The third-order valence-electron chi connectivity index (χ3n) is 4.06. The highest BCUT2D eigenvalue weighted by atomic mass is 127. The van der Waals surface area contributed by atoms with Gasteiger partial charge in [0.1, 0.15) is 11.5 Å². The summed E-state index contributed by atoms with van der Waals surface area (Å²) in [6.07, 6.45) is 0. The van der Waals surface area contributed by atoms with E-state index >= 15 is 0 Å². The molecule has 0 radical (unpaired) electrons. The second-order valence-electron chi connectivity index (χ2n) is 5.64. The van der Waals surface area contributed by atoms with E-state index in [0.29, 0.717) is 19.0 Å². The molecule has 0 amide bonds. The number of rotatable bonds is 6. The van der Waals surface area contributed by atoms with Crippen molar-refractivity contribution in [2.24, 2.45) is 4.99 Å². The highest BCUT2D eigenvalue weighted by Gasteiger charge is 2.13. The third kappa shape index (κ3) is 5.31. The van der Waals surface area contributed by atoms with Gasteiger partial charge >= 0.3 is 0 Å². The lowest BCUT2D eigenvalue weighted by molar-refractivity contribution is 0.174. The lowest BCUT2D eigenvalue weighted by Crippen LogP contribution is -2.36. The van der Waals surface area contributed by atoms with E-state index in [2.05, 4.69) is 15.6 Å². The Bertz CT molecular complexity index is 799. The molecule has 0 aliphatic carbocycles. The van der Waals surface area contributed by atoms with Crippen LogP contribution in [0.1, 0.15) is 11.1 Å². The fourth-order valence-electron chi connectivity index (χ4n) is 2.63. The van der Waals surface area contributed by atoms with Crippen LogP contribution in [0.25, 0.3) is 0 Å². The number of methoxy groups -OCH3 is 2. The fraction of sp³-hybridized carbons (Fsp3) is 0.316. The number of fused-ring (bicyclic) bond motifs is 1. The highest BCUT2D eigenvalue weighted by Crippen LogP contribution is 2.32. The molecule has 1 aliphatic heterocycles. The van der Waals surface area contributed by atoms with Gasteiger partial charge in [-0.15, -0.1) is 24.0 Å². The van der Waals surface area contributed by atoms with Crippen LogP contribution >= 0.6 is 24.0 Å². The Morgan fingerprint density at radius 1 is 1.00 bits per heavy atom. The maximum absolute atomic E-state index is 5.42. The Hall–Kier alpha value is -2.36. The van der Waals surface area contributed by atoms with Crippen molar-refractivity contribution < 1.29 is 18.9 Å². The summed E-state index contributed by atoms with van der Waals surface area (Å²) >= 11 is 0. The first kappa shape index (κ1) is 20.9. The van der Waals surface area contributed by atoms with E-state index in [9.17, 15) is 0 Å². The van der Waals surface area contributed by atoms with Gasteiger partial charge in [-0.25, -0.2) is 0 Å². The van der Waals surface area contributed by atoms with Crippen molar-refractivity contribution in [1.82, 2.24) is 10.6 Å². The van der Waals surface area contributed by atoms with Crippen molar-refractivity contribution in [3.05, 3.63) is 47.5 Å². The van der Waals surface area contributed by atoms with Crippen LogP contribution in [-0.4, -0.2) is 34.0 Å². The number of aliphatic imine (C=N–C) groups is 1. The Morgan fingerprint density at radius 2 is 1.78 bits per heavy atom. The zero-order chi connectivity index (χ0) is 18.4. The van der Waals surface area contributed by atoms with Crippen LogP contribution in [-0.2, 0) is 13.1 Å². The molecule has 0 aromatic heterocycles. The molecule has 8 heteroatoms. The molecule has 1 heterocycles. The topological polar surface area (TPSA) is 73.3 Å². The molecule has 0 saturated carbocycles. The molecule has 2 N–H and O–H groups in total. The van der Waals surface area contributed by atoms with Gasteiger partial charge < -0.3 is 29.6 Å². The number of guanidine groups is 1. The molecule has 2 aromatic carbocycles. The highest BCUT2D eigenvalue weighted by molar-refractivity contribution is 14.0. The predicted molar refractivity (Wildman–Crippen MR) is 115 cm³/mol. The minimum atomic E-state index is 0. The van der Waals surface area contributed by atoms with Crippen LogP contribution in [0, 0.1) is 0 Å². The average Bonchev–Trinajstić information content (AvgIpc) is 3.15. The summed E-state index contributed by atoms with van der Waals surface area (Å²) in [5, 5.41) is 6.57. The van der Waals surface area contributed by atoms with Crippen molar-refractivity contribution in [2.45, 2.75) is 13.1 Å². The second kappa shape index (κ2) is 10.1. The van der Waals surface area contributed by atoms with Gasteiger partial charge in [-0.2, -0.15) is 0 Å². The van der Waals surface area contributed by atoms with E-state index in [4.69, 9.17) is 18.9 Å². The van der Waals surface area contributed by atoms with Gasteiger partial charge in [0.15, 0.2) is 17.5 Å². The third-order valence-corrected chi connectivity index (χ3v) is 4.06. The molecule has 27 heavy (non-hydrogen) atoms. The van der Waals surface area contributed by atoms with Crippen LogP contribution in [0.4, 0.5) is 0 Å². The molecule has 146 valence electrons. The number of benzene rings is 2. The number of ether oxygens (including phenoxy) is 4. The second-order valence-corrected chi connectivity index (χ2v) is 5.64. The average molecular weight is 485 g/mol. The first-order valence-corrected chi connectivity index (χ1v) is 8.27. The predicted octanol–water partition coefficient (Wildman–Crippen LogP) is 2.92. The summed E-state index contributed by atoms with van der Waals surface area (Å²) in [5.41, 5.74) is 2.10. The number of nitrogens with zero attached hydrogens (tertiary/aromatic N) is 1. The maximum atomic E-state index is 5.42. The van der Waals surface area contributed by atoms with Crippen molar-refractivity contribution in [3.8, 4) is 23.0 Å². The molecule has 0 unspecified atom stereocenters. The normalized spacial score (nSPS) is 12.2. The van der Waals surface area contributed by atoms with Crippen LogP contribution in [0.3, 0.4) is 0 Å². The fourth-order valence-corrected chi connectivity index (χ4v) is 2.63. The Kier molecular flexibility index (Phi) is 7.83. The van der Waals surface area contributed by atoms with E-state index in [1.807, 2.05) is 36.4 Å². The van der Waals surface area contributed by atoms with Gasteiger partial charge in [0, 0.05) is 31.8 Å². The van der Waals surface area contributed by atoms with Gasteiger partial charge in [-0.05, 0) is 29.8 Å². The van der Waals surface area contributed by atoms with Gasteiger partial charge in [0.2, 0.25) is 6.79 Å². The number of halogens is 1. The largest absolute Gasteiger partial charge is 0.497 e. The molecular formula is C19H24IN3O4. The SMILES string of the molecule is CN=C(NCc1ccc2c(c1)OCO2)NCc1ccc(OC)cc1OC.I. The van der Waals surface area contributed by atoms with E-state index in [1.165, 1.54) is 0 Å². The molecule has 0 bridgehead atoms. The Balaban J connectivity index is 0.00000261. The summed E-state index contributed by atoms with van der Waals surface area (Å²) in [6.45, 7) is 1.48. The molecule has 0 saturated heterocycles. The number of nitrogens with one attached hydrogen (secondary N) is 2. The van der Waals surface area contributed by atoms with Gasteiger partial charge in [-0.1, -0.05) is 6.07 Å². The molecule has 2 aromatic rings. The zero-order valence-corrected chi connectivity index (χ0v) is 17.9. The summed E-state index contributed by atoms with van der Waals surface area (Å²) in [4.78, 5) is 4.25. The van der Waals surface area contributed by atoms with Crippen molar-refractivity contribution >= 4 is 29.9 Å². The summed E-state index contributed by atoms with van der Waals surface area (Å²) in [5.74, 6) is 3.78. The molecule has 1 aliphatic rings. The van der Waals surface area contributed by atoms with Crippen LogP contribution < -0.4 is 29.6 Å². The first-order valence-electron chi connectivity index (χ1n) is 8.27. The molecular weight excluding hydrogens is 461 g/mol.